The topological polar surface area (TPSA) is 38.5 Å². The third-order valence-electron chi connectivity index (χ3n) is 2.68. The van der Waals surface area contributed by atoms with E-state index in [2.05, 4.69) is 43.3 Å². The summed E-state index contributed by atoms with van der Waals surface area (Å²) in [6.45, 7) is 3.28. The van der Waals surface area contributed by atoms with Crippen molar-refractivity contribution in [3.63, 3.8) is 0 Å². The fourth-order valence-corrected chi connectivity index (χ4v) is 1.76. The first-order valence-corrected chi connectivity index (χ1v) is 6.23. The first-order valence-electron chi connectivity index (χ1n) is 6.23. The van der Waals surface area contributed by atoms with E-state index in [0.717, 1.165) is 26.0 Å². The Labute approximate surface area is 105 Å². The Hall–Kier alpha value is -0.900. The molecule has 0 heterocycles. The van der Waals surface area contributed by atoms with Crippen molar-refractivity contribution in [2.75, 3.05) is 33.8 Å². The van der Waals surface area contributed by atoms with Gasteiger partial charge < -0.3 is 15.4 Å². The second-order valence-electron chi connectivity index (χ2n) is 4.52. The van der Waals surface area contributed by atoms with Crippen LogP contribution in [0.5, 0.6) is 0 Å². The number of nitrogens with two attached hydrogens (primary N) is 1. The number of rotatable bonds is 8. The van der Waals surface area contributed by atoms with Crippen LogP contribution in [0.2, 0.25) is 0 Å². The molecular formula is C14H24N2O. The van der Waals surface area contributed by atoms with Gasteiger partial charge in [0.15, 0.2) is 0 Å². The number of hydrogen-bond acceptors (Lipinski definition) is 3. The summed E-state index contributed by atoms with van der Waals surface area (Å²) in [6, 6.07) is 8.36. The Morgan fingerprint density at radius 1 is 1.18 bits per heavy atom. The molecule has 0 spiro atoms. The molecule has 0 aliphatic heterocycles. The average Bonchev–Trinajstić information content (AvgIpc) is 2.31. The second kappa shape index (κ2) is 8.23. The lowest BCUT2D eigenvalue weighted by Crippen LogP contribution is -2.15. The standard InChI is InChI=1S/C14H24N2O/c1-16(2)10-5-11-17-12-14-7-4-3-6-13(14)8-9-15/h3-4,6-7H,5,8-12,15H2,1-2H3. The second-order valence-corrected chi connectivity index (χ2v) is 4.52. The molecule has 0 atom stereocenters. The highest BCUT2D eigenvalue weighted by Gasteiger charge is 2.00. The van der Waals surface area contributed by atoms with Crippen molar-refractivity contribution in [3.05, 3.63) is 35.4 Å². The van der Waals surface area contributed by atoms with Crippen LogP contribution in [0.1, 0.15) is 17.5 Å². The van der Waals surface area contributed by atoms with Gasteiger partial charge in [-0.3, -0.25) is 0 Å². The van der Waals surface area contributed by atoms with Crippen molar-refractivity contribution in [1.29, 1.82) is 0 Å². The van der Waals surface area contributed by atoms with E-state index in [1.54, 1.807) is 0 Å². The van der Waals surface area contributed by atoms with Gasteiger partial charge in [-0.2, -0.15) is 0 Å². The predicted octanol–water partition coefficient (Wildman–Crippen LogP) is 1.66. The van der Waals surface area contributed by atoms with Gasteiger partial charge in [-0.05, 0) is 51.2 Å². The quantitative estimate of drug-likeness (QED) is 0.698. The minimum atomic E-state index is 0.692. The molecule has 3 heteroatoms. The molecule has 0 fully saturated rings. The van der Waals surface area contributed by atoms with Gasteiger partial charge in [0.2, 0.25) is 0 Å². The van der Waals surface area contributed by atoms with Gasteiger partial charge in [-0.25, -0.2) is 0 Å². The first kappa shape index (κ1) is 14.2. The summed E-state index contributed by atoms with van der Waals surface area (Å²) in [7, 11) is 4.16. The maximum Gasteiger partial charge on any atom is 0.0719 e. The average molecular weight is 236 g/mol. The SMILES string of the molecule is CN(C)CCCOCc1ccccc1CCN. The van der Waals surface area contributed by atoms with Crippen LogP contribution in [-0.4, -0.2) is 38.7 Å². The maximum absolute atomic E-state index is 5.69. The molecule has 0 saturated heterocycles. The van der Waals surface area contributed by atoms with Crippen molar-refractivity contribution in [1.82, 2.24) is 4.90 Å². The summed E-state index contributed by atoms with van der Waals surface area (Å²) in [6.07, 6.45) is 2.00. The Morgan fingerprint density at radius 3 is 2.53 bits per heavy atom. The van der Waals surface area contributed by atoms with E-state index in [1.165, 1.54) is 11.1 Å². The van der Waals surface area contributed by atoms with Crippen LogP contribution in [-0.2, 0) is 17.8 Å². The lowest BCUT2D eigenvalue weighted by atomic mass is 10.1. The molecule has 0 bridgehead atoms. The molecule has 0 aliphatic rings. The summed E-state index contributed by atoms with van der Waals surface area (Å²) in [5, 5.41) is 0. The predicted molar refractivity (Wildman–Crippen MR) is 72.0 cm³/mol. The third kappa shape index (κ3) is 5.82. The maximum atomic E-state index is 5.69. The highest BCUT2D eigenvalue weighted by atomic mass is 16.5. The van der Waals surface area contributed by atoms with Crippen molar-refractivity contribution < 1.29 is 4.74 Å². The summed E-state index contributed by atoms with van der Waals surface area (Å²) >= 11 is 0. The number of ether oxygens (including phenoxy) is 1. The number of nitrogens with zero attached hydrogens (tertiary/aromatic N) is 1. The van der Waals surface area contributed by atoms with Gasteiger partial charge >= 0.3 is 0 Å². The normalized spacial score (nSPS) is 11.1. The largest absolute Gasteiger partial charge is 0.377 e. The highest BCUT2D eigenvalue weighted by Crippen LogP contribution is 2.10. The zero-order chi connectivity index (χ0) is 12.5. The van der Waals surface area contributed by atoms with Gasteiger partial charge in [0, 0.05) is 6.61 Å². The van der Waals surface area contributed by atoms with E-state index in [9.17, 15) is 0 Å². The van der Waals surface area contributed by atoms with Gasteiger partial charge in [-0.15, -0.1) is 0 Å². The zero-order valence-electron chi connectivity index (χ0n) is 11.0. The molecular weight excluding hydrogens is 212 g/mol. The van der Waals surface area contributed by atoms with E-state index in [4.69, 9.17) is 10.5 Å². The van der Waals surface area contributed by atoms with E-state index in [0.29, 0.717) is 13.2 Å². The van der Waals surface area contributed by atoms with Crippen molar-refractivity contribution >= 4 is 0 Å². The molecule has 1 aromatic carbocycles. The van der Waals surface area contributed by atoms with Crippen molar-refractivity contribution in [2.45, 2.75) is 19.4 Å². The Morgan fingerprint density at radius 2 is 1.88 bits per heavy atom. The molecule has 0 saturated carbocycles. The zero-order valence-corrected chi connectivity index (χ0v) is 11.0. The highest BCUT2D eigenvalue weighted by molar-refractivity contribution is 5.26. The molecule has 2 N–H and O–H groups in total. The van der Waals surface area contributed by atoms with Crippen LogP contribution in [0.3, 0.4) is 0 Å². The van der Waals surface area contributed by atoms with E-state index >= 15 is 0 Å². The van der Waals surface area contributed by atoms with Crippen LogP contribution < -0.4 is 5.73 Å². The minimum Gasteiger partial charge on any atom is -0.377 e. The lowest BCUT2D eigenvalue weighted by molar-refractivity contribution is 0.112. The molecule has 3 nitrogen and oxygen atoms in total. The summed E-state index contributed by atoms with van der Waals surface area (Å²) < 4.78 is 5.69. The van der Waals surface area contributed by atoms with Gasteiger partial charge in [0.25, 0.3) is 0 Å². The number of hydrogen-bond donors (Lipinski definition) is 1. The van der Waals surface area contributed by atoms with Gasteiger partial charge in [0.1, 0.15) is 0 Å². The van der Waals surface area contributed by atoms with Crippen LogP contribution in [0.25, 0.3) is 0 Å². The molecule has 0 aromatic heterocycles. The van der Waals surface area contributed by atoms with E-state index in [-0.39, 0.29) is 0 Å². The molecule has 0 radical (unpaired) electrons. The van der Waals surface area contributed by atoms with Gasteiger partial charge in [-0.1, -0.05) is 24.3 Å². The smallest absolute Gasteiger partial charge is 0.0719 e. The molecule has 96 valence electrons. The molecule has 0 amide bonds. The van der Waals surface area contributed by atoms with Gasteiger partial charge in [0.05, 0.1) is 6.61 Å². The van der Waals surface area contributed by atoms with Crippen LogP contribution in [0.15, 0.2) is 24.3 Å². The summed E-state index contributed by atoms with van der Waals surface area (Å²) in [5.74, 6) is 0. The Balaban J connectivity index is 2.30. The Kier molecular flexibility index (Phi) is 6.86. The van der Waals surface area contributed by atoms with Crippen LogP contribution >= 0.6 is 0 Å². The summed E-state index contributed by atoms with van der Waals surface area (Å²) in [5.41, 5.74) is 8.17. The Bertz CT molecular complexity index is 313. The van der Waals surface area contributed by atoms with Crippen molar-refractivity contribution in [3.8, 4) is 0 Å². The monoisotopic (exact) mass is 236 g/mol. The molecule has 0 unspecified atom stereocenters. The summed E-state index contributed by atoms with van der Waals surface area (Å²) in [4.78, 5) is 2.17. The van der Waals surface area contributed by atoms with Crippen LogP contribution in [0, 0.1) is 0 Å². The molecule has 1 aromatic rings. The van der Waals surface area contributed by atoms with E-state index in [1.807, 2.05) is 0 Å². The first-order chi connectivity index (χ1) is 8.24. The molecule has 1 rings (SSSR count). The van der Waals surface area contributed by atoms with Crippen molar-refractivity contribution in [2.24, 2.45) is 5.73 Å². The third-order valence-corrected chi connectivity index (χ3v) is 2.68. The lowest BCUT2D eigenvalue weighted by Gasteiger charge is -2.11. The molecule has 0 aliphatic carbocycles. The minimum absolute atomic E-state index is 0.692. The fourth-order valence-electron chi connectivity index (χ4n) is 1.76. The van der Waals surface area contributed by atoms with E-state index < -0.39 is 0 Å². The van der Waals surface area contributed by atoms with Crippen LogP contribution in [0.4, 0.5) is 0 Å². The molecule has 17 heavy (non-hydrogen) atoms. The fraction of sp³-hybridized carbons (Fsp3) is 0.571. The number of benzene rings is 1.